The summed E-state index contributed by atoms with van der Waals surface area (Å²) < 4.78 is 13.8. The Kier molecular flexibility index (Phi) is 6.85. The lowest BCUT2D eigenvalue weighted by Gasteiger charge is -2.20. The molecular weight excluding hydrogens is 247 g/mol. The van der Waals surface area contributed by atoms with Crippen molar-refractivity contribution in [2.45, 2.75) is 38.8 Å². The summed E-state index contributed by atoms with van der Waals surface area (Å²) >= 11 is 0. The molecule has 0 heterocycles. The summed E-state index contributed by atoms with van der Waals surface area (Å²) in [7, 11) is 0. The molecule has 0 nitrogen and oxygen atoms in total. The lowest BCUT2D eigenvalue weighted by molar-refractivity contribution is 0.274. The number of hydrogen-bond acceptors (Lipinski definition) is 0. The summed E-state index contributed by atoms with van der Waals surface area (Å²) in [6.07, 6.45) is 15.4. The first kappa shape index (κ1) is 16.3. The molecule has 0 saturated carbocycles. The zero-order chi connectivity index (χ0) is 15.0. The quantitative estimate of drug-likeness (QED) is 0.367. The third-order valence-electron chi connectivity index (χ3n) is 3.57. The minimum atomic E-state index is -0.855. The second kappa shape index (κ2) is 8.41. The fourth-order valence-corrected chi connectivity index (χ4v) is 2.31. The Hall–Kier alpha value is -1.77. The smallest absolute Gasteiger partial charge is 0.110 e. The number of terminal acetylenes is 1. The topological polar surface area (TPSA) is 0 Å². The fourth-order valence-electron chi connectivity index (χ4n) is 2.31. The van der Waals surface area contributed by atoms with Gasteiger partial charge in [0, 0.05) is 24.7 Å². The molecule has 0 aromatic carbocycles. The molecule has 0 spiro atoms. The van der Waals surface area contributed by atoms with Gasteiger partial charge >= 0.3 is 0 Å². The Morgan fingerprint density at radius 1 is 1.60 bits per heavy atom. The van der Waals surface area contributed by atoms with E-state index in [9.17, 15) is 4.39 Å². The van der Waals surface area contributed by atoms with E-state index in [0.29, 0.717) is 6.42 Å². The first-order chi connectivity index (χ1) is 9.58. The van der Waals surface area contributed by atoms with Crippen molar-refractivity contribution in [3.8, 4) is 12.3 Å². The summed E-state index contributed by atoms with van der Waals surface area (Å²) in [6.45, 7) is 9.51. The van der Waals surface area contributed by atoms with Gasteiger partial charge in [0.1, 0.15) is 6.17 Å². The first-order valence-corrected chi connectivity index (χ1v) is 7.09. The fraction of sp³-hybridized carbons (Fsp3) is 0.421. The van der Waals surface area contributed by atoms with E-state index in [1.54, 1.807) is 0 Å². The van der Waals surface area contributed by atoms with Gasteiger partial charge in [0.15, 0.2) is 0 Å². The van der Waals surface area contributed by atoms with Crippen LogP contribution in [-0.4, -0.2) is 6.17 Å². The monoisotopic (exact) mass is 270 g/mol. The summed E-state index contributed by atoms with van der Waals surface area (Å²) in [5.41, 5.74) is 4.83. The Balaban J connectivity index is 2.93. The standard InChI is InChI=1S/C19H23F/c1-5-7-8-10-17(9-6-2)18-12-11-16(4)19(20)14-15(3)13-18/h1,9,11-13,16-17,19H,2-3,7-8,10,14H2,4H3/b12-11-,18-13+. The number of rotatable bonds is 5. The van der Waals surface area contributed by atoms with Crippen molar-refractivity contribution < 1.29 is 4.39 Å². The Morgan fingerprint density at radius 2 is 2.35 bits per heavy atom. The van der Waals surface area contributed by atoms with Gasteiger partial charge in [0.2, 0.25) is 0 Å². The molecule has 0 bridgehead atoms. The average molecular weight is 270 g/mol. The molecule has 0 N–H and O–H groups in total. The third-order valence-corrected chi connectivity index (χ3v) is 3.57. The van der Waals surface area contributed by atoms with E-state index < -0.39 is 6.17 Å². The maximum atomic E-state index is 13.8. The van der Waals surface area contributed by atoms with Crippen LogP contribution in [-0.2, 0) is 0 Å². The van der Waals surface area contributed by atoms with E-state index in [4.69, 9.17) is 6.42 Å². The average Bonchev–Trinajstić information content (AvgIpc) is 2.41. The van der Waals surface area contributed by atoms with E-state index >= 15 is 0 Å². The molecule has 0 fully saturated rings. The summed E-state index contributed by atoms with van der Waals surface area (Å²) in [6, 6.07) is 0. The van der Waals surface area contributed by atoms with Crippen molar-refractivity contribution in [2.75, 3.05) is 0 Å². The van der Waals surface area contributed by atoms with Crippen molar-refractivity contribution in [3.63, 3.8) is 0 Å². The zero-order valence-corrected chi connectivity index (χ0v) is 12.2. The van der Waals surface area contributed by atoms with Gasteiger partial charge in [-0.15, -0.1) is 18.1 Å². The normalized spacial score (nSPS) is 28.1. The van der Waals surface area contributed by atoms with Crippen molar-refractivity contribution in [1.29, 1.82) is 0 Å². The molecule has 20 heavy (non-hydrogen) atoms. The molecule has 0 aromatic rings. The number of halogens is 1. The highest BCUT2D eigenvalue weighted by Gasteiger charge is 2.18. The molecule has 0 aromatic heterocycles. The number of hydrogen-bond donors (Lipinski definition) is 0. The van der Waals surface area contributed by atoms with Crippen LogP contribution in [0.1, 0.15) is 32.6 Å². The lowest BCUT2D eigenvalue weighted by atomic mass is 9.87. The molecule has 0 saturated heterocycles. The first-order valence-electron chi connectivity index (χ1n) is 7.09. The van der Waals surface area contributed by atoms with Gasteiger partial charge in [-0.25, -0.2) is 4.39 Å². The Labute approximate surface area is 122 Å². The zero-order valence-electron chi connectivity index (χ0n) is 12.2. The van der Waals surface area contributed by atoms with Crippen LogP contribution < -0.4 is 0 Å². The highest BCUT2D eigenvalue weighted by molar-refractivity contribution is 5.35. The molecule has 0 radical (unpaired) electrons. The van der Waals surface area contributed by atoms with Crippen LogP contribution >= 0.6 is 0 Å². The predicted molar refractivity (Wildman–Crippen MR) is 84.9 cm³/mol. The minimum absolute atomic E-state index is 0.0884. The van der Waals surface area contributed by atoms with Gasteiger partial charge in [-0.3, -0.25) is 0 Å². The molecule has 1 heteroatoms. The molecule has 106 valence electrons. The van der Waals surface area contributed by atoms with E-state index in [2.05, 4.69) is 24.8 Å². The van der Waals surface area contributed by atoms with Gasteiger partial charge < -0.3 is 0 Å². The molecular formula is C19H23F. The van der Waals surface area contributed by atoms with Crippen LogP contribution in [0, 0.1) is 24.2 Å². The van der Waals surface area contributed by atoms with Gasteiger partial charge in [0.05, 0.1) is 0 Å². The molecule has 0 amide bonds. The van der Waals surface area contributed by atoms with Gasteiger partial charge in [-0.2, -0.15) is 0 Å². The number of allylic oxidation sites excluding steroid dienone is 6. The predicted octanol–water partition coefficient (Wildman–Crippen LogP) is 5.16. The lowest BCUT2D eigenvalue weighted by Crippen LogP contribution is -2.13. The van der Waals surface area contributed by atoms with E-state index in [1.165, 1.54) is 0 Å². The second-order valence-corrected chi connectivity index (χ2v) is 5.31. The molecule has 1 aliphatic rings. The van der Waals surface area contributed by atoms with Crippen LogP contribution in [0.25, 0.3) is 0 Å². The van der Waals surface area contributed by atoms with Crippen LogP contribution in [0.4, 0.5) is 4.39 Å². The minimum Gasteiger partial charge on any atom is -0.246 e. The van der Waals surface area contributed by atoms with Crippen molar-refractivity contribution >= 4 is 0 Å². The Morgan fingerprint density at radius 3 is 3.00 bits per heavy atom. The second-order valence-electron chi connectivity index (χ2n) is 5.31. The summed E-state index contributed by atoms with van der Waals surface area (Å²) in [5, 5.41) is 0. The van der Waals surface area contributed by atoms with Crippen molar-refractivity contribution in [1.82, 2.24) is 0 Å². The molecule has 3 unspecified atom stereocenters. The van der Waals surface area contributed by atoms with E-state index in [1.807, 2.05) is 31.2 Å². The molecule has 3 atom stereocenters. The number of alkyl halides is 1. The highest BCUT2D eigenvalue weighted by Crippen LogP contribution is 2.28. The maximum Gasteiger partial charge on any atom is 0.110 e. The SMILES string of the molecule is C#CCCCC(C=C=C)C1=C/C(=C)CC(F)C(C)/C=C\1. The van der Waals surface area contributed by atoms with Crippen molar-refractivity contribution in [2.24, 2.45) is 11.8 Å². The van der Waals surface area contributed by atoms with Crippen molar-refractivity contribution in [3.05, 3.63) is 54.3 Å². The van der Waals surface area contributed by atoms with E-state index in [0.717, 1.165) is 30.4 Å². The number of unbranched alkanes of at least 4 members (excludes halogenated alkanes) is 1. The van der Waals surface area contributed by atoms with Crippen LogP contribution in [0.5, 0.6) is 0 Å². The van der Waals surface area contributed by atoms with Crippen LogP contribution in [0.15, 0.2) is 54.3 Å². The molecule has 1 aliphatic carbocycles. The van der Waals surface area contributed by atoms with E-state index in [-0.39, 0.29) is 11.8 Å². The van der Waals surface area contributed by atoms with Gasteiger partial charge in [-0.05, 0) is 24.5 Å². The molecule has 0 aliphatic heterocycles. The van der Waals surface area contributed by atoms with Crippen LogP contribution in [0.2, 0.25) is 0 Å². The Bertz CT molecular complexity index is 480. The van der Waals surface area contributed by atoms with Crippen LogP contribution in [0.3, 0.4) is 0 Å². The maximum absolute atomic E-state index is 13.8. The largest absolute Gasteiger partial charge is 0.246 e. The van der Waals surface area contributed by atoms with Gasteiger partial charge in [0.25, 0.3) is 0 Å². The summed E-state index contributed by atoms with van der Waals surface area (Å²) in [5.74, 6) is 2.79. The van der Waals surface area contributed by atoms with Gasteiger partial charge in [-0.1, -0.05) is 43.9 Å². The highest BCUT2D eigenvalue weighted by atomic mass is 19.1. The molecule has 1 rings (SSSR count). The third kappa shape index (κ3) is 5.08. The summed E-state index contributed by atoms with van der Waals surface area (Å²) in [4.78, 5) is 0.